The molecule has 2 fully saturated rings. The Morgan fingerprint density at radius 3 is 2.50 bits per heavy atom. The third-order valence-corrected chi connectivity index (χ3v) is 3.36. The van der Waals surface area contributed by atoms with Crippen LogP contribution in [0.5, 0.6) is 0 Å². The van der Waals surface area contributed by atoms with Crippen LogP contribution in [0.15, 0.2) is 25.7 Å². The highest BCUT2D eigenvalue weighted by Gasteiger charge is 2.73. The van der Waals surface area contributed by atoms with Crippen molar-refractivity contribution in [1.82, 2.24) is 0 Å². The number of fused-ring (bicyclic) bond motifs is 2. The molecule has 2 bridgehead atoms. The lowest BCUT2D eigenvalue weighted by molar-refractivity contribution is -0.409. The first kappa shape index (κ1) is 11.4. The van der Waals surface area contributed by atoms with E-state index < -0.39 is 17.2 Å². The van der Waals surface area contributed by atoms with E-state index in [0.717, 1.165) is 6.26 Å². The number of rotatable bonds is 5. The van der Waals surface area contributed by atoms with Crippen molar-refractivity contribution in [2.45, 2.75) is 36.4 Å². The Balaban J connectivity index is 2.33. The Labute approximate surface area is 93.9 Å². The van der Waals surface area contributed by atoms with Crippen LogP contribution in [0.3, 0.4) is 0 Å². The van der Waals surface area contributed by atoms with E-state index in [-0.39, 0.29) is 6.61 Å². The molecule has 90 valence electrons. The summed E-state index contributed by atoms with van der Waals surface area (Å²) < 4.78 is 15.8. The average Bonchev–Trinajstić information content (AvgIpc) is 2.70. The van der Waals surface area contributed by atoms with Gasteiger partial charge >= 0.3 is 5.97 Å². The van der Waals surface area contributed by atoms with Crippen molar-refractivity contribution in [3.8, 4) is 0 Å². The van der Waals surface area contributed by atoms with E-state index in [0.29, 0.717) is 19.3 Å². The molecule has 5 heteroatoms. The number of hydrogen-bond donors (Lipinski definition) is 2. The molecule has 16 heavy (non-hydrogen) atoms. The second-order valence-electron chi connectivity index (χ2n) is 4.27. The number of aliphatic hydroxyl groups excluding tert-OH is 1. The monoisotopic (exact) mass is 228 g/mol. The van der Waals surface area contributed by atoms with E-state index in [9.17, 15) is 10.2 Å². The first-order valence-corrected chi connectivity index (χ1v) is 5.16. The zero-order valence-corrected chi connectivity index (χ0v) is 9.02. The standard InChI is InChI=1S/C11H16O5/c1-3-14-10-6-5-9(7-10,8-12)16-11(10,13)15-4-2/h3-4,12-13H,1-2,5-8H2. The molecule has 3 unspecified atom stereocenters. The molecular weight excluding hydrogens is 212 g/mol. The number of hydrogen-bond acceptors (Lipinski definition) is 5. The van der Waals surface area contributed by atoms with Crippen molar-refractivity contribution < 1.29 is 24.4 Å². The molecule has 3 atom stereocenters. The normalized spacial score (nSPS) is 45.4. The van der Waals surface area contributed by atoms with Crippen LogP contribution in [0.2, 0.25) is 0 Å². The summed E-state index contributed by atoms with van der Waals surface area (Å²) in [5.41, 5.74) is -1.80. The van der Waals surface area contributed by atoms with Crippen LogP contribution in [0, 0.1) is 0 Å². The summed E-state index contributed by atoms with van der Waals surface area (Å²) in [4.78, 5) is 0. The lowest BCUT2D eigenvalue weighted by Gasteiger charge is -2.40. The third-order valence-electron chi connectivity index (χ3n) is 3.36. The summed E-state index contributed by atoms with van der Waals surface area (Å²) in [6.07, 6.45) is 3.86. The molecule has 1 aliphatic heterocycles. The van der Waals surface area contributed by atoms with Gasteiger partial charge in [0.25, 0.3) is 0 Å². The fourth-order valence-corrected chi connectivity index (χ4v) is 2.62. The van der Waals surface area contributed by atoms with E-state index >= 15 is 0 Å². The van der Waals surface area contributed by atoms with E-state index in [1.165, 1.54) is 6.26 Å². The van der Waals surface area contributed by atoms with E-state index in [1.54, 1.807) is 0 Å². The second-order valence-corrected chi connectivity index (χ2v) is 4.27. The minimum Gasteiger partial charge on any atom is -0.486 e. The SMILES string of the molecule is C=COC12CCC(CO)(C1)OC2(O)OC=C. The number of aliphatic hydroxyl groups is 2. The van der Waals surface area contributed by atoms with Crippen molar-refractivity contribution in [2.24, 2.45) is 0 Å². The van der Waals surface area contributed by atoms with Crippen molar-refractivity contribution in [3.05, 3.63) is 25.7 Å². The molecule has 0 amide bonds. The molecule has 0 radical (unpaired) electrons. The maximum Gasteiger partial charge on any atom is 0.367 e. The molecule has 2 N–H and O–H groups in total. The molecule has 0 aromatic heterocycles. The first-order chi connectivity index (χ1) is 7.55. The molecule has 1 saturated heterocycles. The maximum absolute atomic E-state index is 10.3. The van der Waals surface area contributed by atoms with Gasteiger partial charge < -0.3 is 24.4 Å². The Morgan fingerprint density at radius 1 is 1.25 bits per heavy atom. The van der Waals surface area contributed by atoms with Gasteiger partial charge in [-0.2, -0.15) is 0 Å². The molecule has 0 spiro atoms. The summed E-state index contributed by atoms with van der Waals surface area (Å²) >= 11 is 0. The molecule has 1 saturated carbocycles. The van der Waals surface area contributed by atoms with Crippen LogP contribution in [-0.2, 0) is 14.2 Å². The summed E-state index contributed by atoms with van der Waals surface area (Å²) in [7, 11) is 0. The van der Waals surface area contributed by atoms with Gasteiger partial charge in [0.2, 0.25) is 5.60 Å². The Hall–Kier alpha value is -1.04. The first-order valence-electron chi connectivity index (χ1n) is 5.16. The van der Waals surface area contributed by atoms with Gasteiger partial charge in [0, 0.05) is 6.42 Å². The van der Waals surface area contributed by atoms with Crippen molar-refractivity contribution in [2.75, 3.05) is 6.61 Å². The highest BCUT2D eigenvalue weighted by Crippen LogP contribution is 2.57. The fraction of sp³-hybridized carbons (Fsp3) is 0.636. The van der Waals surface area contributed by atoms with Crippen LogP contribution < -0.4 is 0 Å². The van der Waals surface area contributed by atoms with Crippen LogP contribution in [0.1, 0.15) is 19.3 Å². The summed E-state index contributed by atoms with van der Waals surface area (Å²) in [5.74, 6) is -1.90. The van der Waals surface area contributed by atoms with E-state index in [2.05, 4.69) is 13.2 Å². The Bertz CT molecular complexity index is 313. The molecular formula is C11H16O5. The van der Waals surface area contributed by atoms with Gasteiger partial charge in [0.15, 0.2) is 0 Å². The minimum atomic E-state index is -1.90. The van der Waals surface area contributed by atoms with Crippen LogP contribution in [0.4, 0.5) is 0 Å². The van der Waals surface area contributed by atoms with Gasteiger partial charge in [0.05, 0.1) is 19.1 Å². The highest BCUT2D eigenvalue weighted by molar-refractivity contribution is 5.13. The third kappa shape index (κ3) is 1.29. The van der Waals surface area contributed by atoms with E-state index in [1.807, 2.05) is 0 Å². The molecule has 1 heterocycles. The van der Waals surface area contributed by atoms with Gasteiger partial charge in [-0.25, -0.2) is 0 Å². The average molecular weight is 228 g/mol. The van der Waals surface area contributed by atoms with E-state index in [4.69, 9.17) is 14.2 Å². The molecule has 1 aliphatic carbocycles. The predicted molar refractivity (Wildman–Crippen MR) is 55.0 cm³/mol. The van der Waals surface area contributed by atoms with Gasteiger partial charge in [-0.15, -0.1) is 0 Å². The molecule has 2 rings (SSSR count). The van der Waals surface area contributed by atoms with Gasteiger partial charge in [-0.05, 0) is 12.8 Å². The predicted octanol–water partition coefficient (Wildman–Crippen LogP) is 0.637. The summed E-state index contributed by atoms with van der Waals surface area (Å²) in [5, 5.41) is 19.6. The largest absolute Gasteiger partial charge is 0.486 e. The minimum absolute atomic E-state index is 0.182. The van der Waals surface area contributed by atoms with Crippen LogP contribution in [0.25, 0.3) is 0 Å². The summed E-state index contributed by atoms with van der Waals surface area (Å²) in [6.45, 7) is 6.68. The van der Waals surface area contributed by atoms with Crippen LogP contribution >= 0.6 is 0 Å². The van der Waals surface area contributed by atoms with Gasteiger partial charge in [0.1, 0.15) is 5.60 Å². The van der Waals surface area contributed by atoms with Gasteiger partial charge in [-0.3, -0.25) is 0 Å². The van der Waals surface area contributed by atoms with Crippen LogP contribution in [-0.4, -0.2) is 34.0 Å². The lowest BCUT2D eigenvalue weighted by atomic mass is 9.99. The second kappa shape index (κ2) is 3.48. The molecule has 2 aliphatic rings. The van der Waals surface area contributed by atoms with Gasteiger partial charge in [-0.1, -0.05) is 13.2 Å². The lowest BCUT2D eigenvalue weighted by Crippen LogP contribution is -2.55. The zero-order chi connectivity index (χ0) is 11.9. The Morgan fingerprint density at radius 2 is 1.94 bits per heavy atom. The fourth-order valence-electron chi connectivity index (χ4n) is 2.62. The molecule has 0 aromatic rings. The van der Waals surface area contributed by atoms with Crippen molar-refractivity contribution >= 4 is 0 Å². The van der Waals surface area contributed by atoms with Crippen molar-refractivity contribution in [1.29, 1.82) is 0 Å². The molecule has 0 aromatic carbocycles. The number of ether oxygens (including phenoxy) is 3. The Kier molecular flexibility index (Phi) is 2.49. The zero-order valence-electron chi connectivity index (χ0n) is 9.02. The smallest absolute Gasteiger partial charge is 0.367 e. The van der Waals surface area contributed by atoms with Crippen molar-refractivity contribution in [3.63, 3.8) is 0 Å². The quantitative estimate of drug-likeness (QED) is 0.534. The topological polar surface area (TPSA) is 68.2 Å². The maximum atomic E-state index is 10.3. The summed E-state index contributed by atoms with van der Waals surface area (Å²) in [6, 6.07) is 0. The molecule has 5 nitrogen and oxygen atoms in total. The highest BCUT2D eigenvalue weighted by atomic mass is 16.9.